The molecule has 1 N–H and O–H groups in total. The quantitative estimate of drug-likeness (QED) is 0.884. The number of rotatable bonds is 2. The van der Waals surface area contributed by atoms with E-state index in [2.05, 4.69) is 15.4 Å². The minimum absolute atomic E-state index is 0.0464. The van der Waals surface area contributed by atoms with Crippen LogP contribution in [0.5, 0.6) is 11.5 Å². The monoisotopic (exact) mass is 343 g/mol. The summed E-state index contributed by atoms with van der Waals surface area (Å²) in [5.41, 5.74) is 1.08. The van der Waals surface area contributed by atoms with Gasteiger partial charge in [-0.1, -0.05) is 6.07 Å². The number of hydrogen-bond donors (Lipinski definition) is 1. The molecule has 1 aromatic carbocycles. The van der Waals surface area contributed by atoms with Crippen LogP contribution in [0.3, 0.4) is 0 Å². The van der Waals surface area contributed by atoms with Crippen molar-refractivity contribution >= 4 is 6.03 Å². The lowest BCUT2D eigenvalue weighted by Crippen LogP contribution is -2.50. The van der Waals surface area contributed by atoms with Gasteiger partial charge in [-0.15, -0.1) is 0 Å². The fourth-order valence-corrected chi connectivity index (χ4v) is 3.27. The molecule has 0 spiro atoms. The zero-order valence-corrected chi connectivity index (χ0v) is 14.4. The number of aromatic nitrogens is 3. The first-order valence-electron chi connectivity index (χ1n) is 8.38. The molecule has 132 valence electrons. The van der Waals surface area contributed by atoms with E-state index in [1.807, 2.05) is 29.8 Å². The number of methoxy groups -OCH3 is 1. The van der Waals surface area contributed by atoms with Gasteiger partial charge in [-0.2, -0.15) is 5.10 Å². The molecule has 8 nitrogen and oxygen atoms in total. The van der Waals surface area contributed by atoms with Gasteiger partial charge in [0, 0.05) is 12.6 Å². The smallest absolute Gasteiger partial charge is 0.318 e. The van der Waals surface area contributed by atoms with Crippen molar-refractivity contribution in [2.45, 2.75) is 32.5 Å². The molecule has 2 amide bonds. The topological polar surface area (TPSA) is 81.5 Å². The second kappa shape index (κ2) is 6.27. The highest BCUT2D eigenvalue weighted by atomic mass is 16.5. The highest BCUT2D eigenvalue weighted by molar-refractivity contribution is 5.74. The van der Waals surface area contributed by atoms with Crippen LogP contribution in [-0.2, 0) is 19.5 Å². The maximum atomic E-state index is 12.6. The molecule has 0 saturated heterocycles. The Bertz CT molecular complexity index is 804. The summed E-state index contributed by atoms with van der Waals surface area (Å²) in [6.07, 6.45) is 0.744. The Balaban J connectivity index is 1.38. The van der Waals surface area contributed by atoms with Crippen molar-refractivity contribution in [3.63, 3.8) is 0 Å². The highest BCUT2D eigenvalue weighted by Crippen LogP contribution is 2.29. The van der Waals surface area contributed by atoms with Gasteiger partial charge in [0.25, 0.3) is 0 Å². The van der Waals surface area contributed by atoms with Crippen molar-refractivity contribution in [3.05, 3.63) is 35.4 Å². The Morgan fingerprint density at radius 1 is 1.40 bits per heavy atom. The molecule has 0 bridgehead atoms. The van der Waals surface area contributed by atoms with E-state index in [9.17, 15) is 4.79 Å². The van der Waals surface area contributed by atoms with Crippen molar-refractivity contribution in [3.8, 4) is 11.5 Å². The van der Waals surface area contributed by atoms with Crippen LogP contribution in [0.2, 0.25) is 0 Å². The molecule has 2 aliphatic heterocycles. The number of aryl methyl sites for hydroxylation is 1. The third kappa shape index (κ3) is 3.11. The molecule has 1 unspecified atom stereocenters. The number of urea groups is 1. The van der Waals surface area contributed by atoms with Crippen molar-refractivity contribution in [1.82, 2.24) is 25.0 Å². The number of hydrogen-bond acceptors (Lipinski definition) is 5. The third-order valence-corrected chi connectivity index (χ3v) is 4.56. The molecule has 1 atom stereocenters. The SMILES string of the molecule is COc1ccc2c(c1)OCC(NC(=O)N1CCn3nc(C)nc3C1)C2. The number of ether oxygens (including phenoxy) is 2. The molecule has 1 aromatic heterocycles. The van der Waals surface area contributed by atoms with Crippen molar-refractivity contribution in [2.75, 3.05) is 20.3 Å². The third-order valence-electron chi connectivity index (χ3n) is 4.56. The fourth-order valence-electron chi connectivity index (χ4n) is 3.27. The molecule has 8 heteroatoms. The lowest BCUT2D eigenvalue weighted by Gasteiger charge is -2.31. The van der Waals surface area contributed by atoms with E-state index in [1.54, 1.807) is 12.0 Å². The van der Waals surface area contributed by atoms with Gasteiger partial charge in [0.2, 0.25) is 0 Å². The van der Waals surface area contributed by atoms with Crippen molar-refractivity contribution < 1.29 is 14.3 Å². The van der Waals surface area contributed by atoms with Gasteiger partial charge < -0.3 is 19.7 Å². The van der Waals surface area contributed by atoms with E-state index in [0.29, 0.717) is 26.2 Å². The maximum absolute atomic E-state index is 12.6. The summed E-state index contributed by atoms with van der Waals surface area (Å²) >= 11 is 0. The zero-order chi connectivity index (χ0) is 17.4. The van der Waals surface area contributed by atoms with Gasteiger partial charge in [0.1, 0.15) is 29.8 Å². The van der Waals surface area contributed by atoms with Gasteiger partial charge in [-0.05, 0) is 25.0 Å². The molecule has 2 aliphatic rings. The average molecular weight is 343 g/mol. The minimum atomic E-state index is -0.0857. The fraction of sp³-hybridized carbons (Fsp3) is 0.471. The first-order valence-corrected chi connectivity index (χ1v) is 8.38. The lowest BCUT2D eigenvalue weighted by atomic mass is 10.0. The molecule has 0 aliphatic carbocycles. The van der Waals surface area contributed by atoms with Crippen LogP contribution < -0.4 is 14.8 Å². The number of fused-ring (bicyclic) bond motifs is 2. The van der Waals surface area contributed by atoms with E-state index in [-0.39, 0.29) is 12.1 Å². The number of benzene rings is 1. The lowest BCUT2D eigenvalue weighted by molar-refractivity contribution is 0.166. The van der Waals surface area contributed by atoms with E-state index in [1.165, 1.54) is 0 Å². The molecule has 2 aromatic rings. The summed E-state index contributed by atoms with van der Waals surface area (Å²) in [5.74, 6) is 3.17. The second-order valence-electron chi connectivity index (χ2n) is 6.36. The Kier molecular flexibility index (Phi) is 3.95. The predicted molar refractivity (Wildman–Crippen MR) is 89.7 cm³/mol. The Morgan fingerprint density at radius 2 is 2.28 bits per heavy atom. The van der Waals surface area contributed by atoms with E-state index >= 15 is 0 Å². The van der Waals surface area contributed by atoms with E-state index in [0.717, 1.165) is 35.1 Å². The predicted octanol–water partition coefficient (Wildman–Crippen LogP) is 1.12. The molecular weight excluding hydrogens is 322 g/mol. The van der Waals surface area contributed by atoms with Gasteiger partial charge in [-0.25, -0.2) is 14.5 Å². The summed E-state index contributed by atoms with van der Waals surface area (Å²) in [6.45, 7) is 4.10. The van der Waals surface area contributed by atoms with Crippen LogP contribution in [-0.4, -0.2) is 52.0 Å². The Morgan fingerprint density at radius 3 is 3.12 bits per heavy atom. The molecule has 0 saturated carbocycles. The number of carbonyl (C=O) groups is 1. The van der Waals surface area contributed by atoms with Crippen LogP contribution in [0, 0.1) is 6.92 Å². The summed E-state index contributed by atoms with van der Waals surface area (Å²) in [6, 6.07) is 5.64. The van der Waals surface area contributed by atoms with Crippen LogP contribution in [0.25, 0.3) is 0 Å². The number of nitrogens with zero attached hydrogens (tertiary/aromatic N) is 4. The minimum Gasteiger partial charge on any atom is -0.497 e. The van der Waals surface area contributed by atoms with Gasteiger partial charge in [-0.3, -0.25) is 0 Å². The molecule has 0 fully saturated rings. The number of amides is 2. The largest absolute Gasteiger partial charge is 0.497 e. The zero-order valence-electron chi connectivity index (χ0n) is 14.4. The highest BCUT2D eigenvalue weighted by Gasteiger charge is 2.27. The first kappa shape index (κ1) is 15.7. The summed E-state index contributed by atoms with van der Waals surface area (Å²) in [4.78, 5) is 18.7. The summed E-state index contributed by atoms with van der Waals surface area (Å²) < 4.78 is 12.9. The second-order valence-corrected chi connectivity index (χ2v) is 6.36. The summed E-state index contributed by atoms with van der Waals surface area (Å²) in [7, 11) is 1.63. The van der Waals surface area contributed by atoms with Gasteiger partial charge in [0.15, 0.2) is 0 Å². The Hall–Kier alpha value is -2.77. The molecule has 25 heavy (non-hydrogen) atoms. The van der Waals surface area contributed by atoms with Crippen molar-refractivity contribution in [1.29, 1.82) is 0 Å². The first-order chi connectivity index (χ1) is 12.1. The Labute approximate surface area is 145 Å². The standard InChI is InChI=1S/C17H21N5O3/c1-11-18-16-9-21(5-6-22(16)20-11)17(23)19-13-7-12-3-4-14(24-2)8-15(12)25-10-13/h3-4,8,13H,5-7,9-10H2,1-2H3,(H,19,23). The molecule has 4 rings (SSSR count). The molecular formula is C17H21N5O3. The number of carbonyl (C=O) groups excluding carboxylic acids is 1. The van der Waals surface area contributed by atoms with E-state index in [4.69, 9.17) is 9.47 Å². The van der Waals surface area contributed by atoms with Gasteiger partial charge in [0.05, 0.1) is 26.2 Å². The molecule has 3 heterocycles. The van der Waals surface area contributed by atoms with Crippen LogP contribution >= 0.6 is 0 Å². The normalized spacial score (nSPS) is 18.8. The van der Waals surface area contributed by atoms with Crippen LogP contribution in [0.15, 0.2) is 18.2 Å². The average Bonchev–Trinajstić information content (AvgIpc) is 3.00. The van der Waals surface area contributed by atoms with Crippen LogP contribution in [0.1, 0.15) is 17.2 Å². The van der Waals surface area contributed by atoms with E-state index < -0.39 is 0 Å². The maximum Gasteiger partial charge on any atom is 0.318 e. The van der Waals surface area contributed by atoms with Crippen LogP contribution in [0.4, 0.5) is 4.79 Å². The number of nitrogens with one attached hydrogen (secondary N) is 1. The van der Waals surface area contributed by atoms with Crippen molar-refractivity contribution in [2.24, 2.45) is 0 Å². The molecule has 0 radical (unpaired) electrons. The van der Waals surface area contributed by atoms with Gasteiger partial charge >= 0.3 is 6.03 Å². The summed E-state index contributed by atoms with van der Waals surface area (Å²) in [5, 5.41) is 7.39.